The summed E-state index contributed by atoms with van der Waals surface area (Å²) in [6, 6.07) is 7.63. The molecule has 0 spiro atoms. The Morgan fingerprint density at radius 3 is 2.89 bits per heavy atom. The van der Waals surface area contributed by atoms with Gasteiger partial charge in [0.25, 0.3) is 0 Å². The number of nitrogens with one attached hydrogen (secondary N) is 2. The fourth-order valence-corrected chi connectivity index (χ4v) is 6.43. The molecule has 1 aromatic carbocycles. The number of fused-ring (bicyclic) bond motifs is 3. The number of hydroxylamine groups is 2. The Balaban J connectivity index is 1.81. The topological polar surface area (TPSA) is 84.3 Å². The lowest BCUT2D eigenvalue weighted by atomic mass is 9.51. The zero-order valence-corrected chi connectivity index (χ0v) is 16.4. The molecule has 28 heavy (non-hydrogen) atoms. The van der Waals surface area contributed by atoms with Gasteiger partial charge in [-0.2, -0.15) is 0 Å². The predicted octanol–water partition coefficient (Wildman–Crippen LogP) is 0.959. The molecule has 1 aliphatic carbocycles. The van der Waals surface area contributed by atoms with Crippen molar-refractivity contribution in [2.45, 2.75) is 43.2 Å². The second-order valence-electron chi connectivity index (χ2n) is 8.27. The zero-order valence-electron chi connectivity index (χ0n) is 16.4. The van der Waals surface area contributed by atoms with Crippen molar-refractivity contribution in [3.63, 3.8) is 0 Å². The Bertz CT molecular complexity index is 857. The van der Waals surface area contributed by atoms with Gasteiger partial charge < -0.3 is 29.8 Å². The van der Waals surface area contributed by atoms with E-state index in [2.05, 4.69) is 5.32 Å². The number of carbonyl (C=O) groups is 1. The van der Waals surface area contributed by atoms with Gasteiger partial charge in [-0.25, -0.2) is 0 Å². The molecular weight excluding hydrogens is 360 g/mol. The number of methoxy groups -OCH3 is 2. The Hall–Kier alpha value is -1.93. The van der Waals surface area contributed by atoms with E-state index in [0.717, 1.165) is 16.8 Å². The van der Waals surface area contributed by atoms with Crippen LogP contribution in [0.1, 0.15) is 25.3 Å². The van der Waals surface area contributed by atoms with Crippen LogP contribution in [-0.2, 0) is 24.4 Å². The number of anilines is 1. The summed E-state index contributed by atoms with van der Waals surface area (Å²) in [7, 11) is 3.04. The van der Waals surface area contributed by atoms with Crippen LogP contribution in [0.15, 0.2) is 35.9 Å². The highest BCUT2D eigenvalue weighted by atomic mass is 16.7. The highest BCUT2D eigenvalue weighted by Gasteiger charge is 2.79. The average molecular weight is 386 g/mol. The maximum Gasteiger partial charge on any atom is 0.310 e. The largest absolute Gasteiger partial charge is 0.634 e. The van der Waals surface area contributed by atoms with Gasteiger partial charge in [-0.05, 0) is 24.1 Å². The minimum atomic E-state index is -0.983. The van der Waals surface area contributed by atoms with Gasteiger partial charge >= 0.3 is 5.97 Å². The van der Waals surface area contributed by atoms with Gasteiger partial charge in [0.2, 0.25) is 5.72 Å². The Morgan fingerprint density at radius 1 is 1.39 bits per heavy atom. The summed E-state index contributed by atoms with van der Waals surface area (Å²) in [4.78, 5) is 13.2. The third kappa shape index (κ3) is 1.95. The van der Waals surface area contributed by atoms with E-state index in [1.165, 1.54) is 7.11 Å². The number of ether oxygens (including phenoxy) is 3. The second kappa shape index (κ2) is 6.03. The van der Waals surface area contributed by atoms with E-state index in [9.17, 15) is 10.0 Å². The molecule has 7 nitrogen and oxygen atoms in total. The van der Waals surface area contributed by atoms with Crippen molar-refractivity contribution in [1.82, 2.24) is 0 Å². The molecule has 0 aromatic heterocycles. The van der Waals surface area contributed by atoms with Crippen LogP contribution in [0.4, 0.5) is 5.69 Å². The summed E-state index contributed by atoms with van der Waals surface area (Å²) in [5, 5.41) is 16.9. The van der Waals surface area contributed by atoms with Crippen LogP contribution < -0.4 is 10.4 Å². The van der Waals surface area contributed by atoms with E-state index >= 15 is 0 Å². The van der Waals surface area contributed by atoms with Crippen molar-refractivity contribution in [2.75, 3.05) is 26.1 Å². The zero-order chi connectivity index (χ0) is 19.7. The van der Waals surface area contributed by atoms with Crippen LogP contribution in [0, 0.1) is 17.0 Å². The van der Waals surface area contributed by atoms with E-state index in [1.807, 2.05) is 37.3 Å². The molecule has 3 fully saturated rings. The number of rotatable bonds is 2. The lowest BCUT2D eigenvalue weighted by Gasteiger charge is -2.59. The summed E-state index contributed by atoms with van der Waals surface area (Å²) >= 11 is 0. The van der Waals surface area contributed by atoms with Crippen LogP contribution >= 0.6 is 0 Å². The molecule has 2 bridgehead atoms. The van der Waals surface area contributed by atoms with Crippen LogP contribution in [0.2, 0.25) is 0 Å². The molecule has 5 rings (SSSR count). The molecule has 3 heterocycles. The number of hydrogen-bond donors (Lipinski definition) is 2. The predicted molar refractivity (Wildman–Crippen MR) is 101 cm³/mol. The number of carbonyl (C=O) groups excluding carboxylic acids is 1. The van der Waals surface area contributed by atoms with Crippen LogP contribution in [-0.4, -0.2) is 44.8 Å². The lowest BCUT2D eigenvalue weighted by Crippen LogP contribution is -3.17. The highest BCUT2D eigenvalue weighted by Crippen LogP contribution is 2.66. The molecule has 0 radical (unpaired) electrons. The third-order valence-electron chi connectivity index (χ3n) is 7.44. The minimum Gasteiger partial charge on any atom is -0.634 e. The molecule has 1 aromatic rings. The highest BCUT2D eigenvalue weighted by molar-refractivity contribution is 5.80. The lowest BCUT2D eigenvalue weighted by molar-refractivity contribution is -0.887. The van der Waals surface area contributed by atoms with Crippen LogP contribution in [0.3, 0.4) is 0 Å². The summed E-state index contributed by atoms with van der Waals surface area (Å²) in [5.74, 6) is -0.731. The van der Waals surface area contributed by atoms with E-state index in [4.69, 9.17) is 14.2 Å². The molecular formula is C21H26N2O5. The minimum absolute atomic E-state index is 0.0413. The summed E-state index contributed by atoms with van der Waals surface area (Å²) in [6.07, 6.45) is 2.59. The number of hydrogen-bond acceptors (Lipinski definition) is 6. The molecule has 3 aliphatic heterocycles. The fourth-order valence-electron chi connectivity index (χ4n) is 6.43. The van der Waals surface area contributed by atoms with Crippen molar-refractivity contribution < 1.29 is 24.1 Å². The third-order valence-corrected chi connectivity index (χ3v) is 7.44. The standard InChI is InChI=1S/C21H26N2O5/c1-4-12-11-23(25)16-9-13(12)18(19(24)27-3)20-10-17(26-2)28-21(16,20)22-15-8-6-5-7-14(15)20/h4-8,13,16-18,22-23H,9-11H2,1-3H3/t13-,16-,17+,18+,20+,21+/m1/s1. The molecule has 1 saturated carbocycles. The first-order chi connectivity index (χ1) is 13.5. The van der Waals surface area contributed by atoms with Gasteiger partial charge in [0.15, 0.2) is 6.29 Å². The molecule has 0 amide bonds. The van der Waals surface area contributed by atoms with Gasteiger partial charge in [0.05, 0.1) is 25.0 Å². The SMILES string of the molecule is CC=C1C[NH+]([O-])[C@@H]2C[C@H]1[C@@H](C(=O)OC)[C@@]13C[C@@H](OC)O[C@@]21Nc1ccccc13. The molecule has 2 saturated heterocycles. The molecule has 7 atom stereocenters. The number of esters is 1. The first-order valence-corrected chi connectivity index (χ1v) is 9.86. The van der Waals surface area contributed by atoms with Crippen molar-refractivity contribution in [3.05, 3.63) is 46.7 Å². The summed E-state index contributed by atoms with van der Waals surface area (Å²) in [5.41, 5.74) is 1.28. The normalized spacial score (nSPS) is 44.4. The maximum atomic E-state index is 13.2. The van der Waals surface area contributed by atoms with Crippen molar-refractivity contribution in [2.24, 2.45) is 11.8 Å². The van der Waals surface area contributed by atoms with Crippen LogP contribution in [0.5, 0.6) is 0 Å². The van der Waals surface area contributed by atoms with Gasteiger partial charge in [0, 0.05) is 31.6 Å². The smallest absolute Gasteiger partial charge is 0.310 e. The summed E-state index contributed by atoms with van der Waals surface area (Å²) in [6.45, 7) is 2.30. The number of benzene rings is 1. The fraction of sp³-hybridized carbons (Fsp3) is 0.571. The van der Waals surface area contributed by atoms with E-state index in [1.54, 1.807) is 7.11 Å². The average Bonchev–Trinajstić information content (AvgIpc) is 3.19. The maximum absolute atomic E-state index is 13.2. The molecule has 4 aliphatic rings. The molecule has 1 unspecified atom stereocenters. The Labute approximate surface area is 164 Å². The van der Waals surface area contributed by atoms with Crippen molar-refractivity contribution in [3.8, 4) is 0 Å². The van der Waals surface area contributed by atoms with E-state index < -0.39 is 23.3 Å². The number of para-hydroxylation sites is 1. The molecule has 7 heteroatoms. The first-order valence-electron chi connectivity index (χ1n) is 9.86. The number of piperidine rings is 1. The van der Waals surface area contributed by atoms with Gasteiger partial charge in [-0.15, -0.1) is 0 Å². The Morgan fingerprint density at radius 2 is 2.18 bits per heavy atom. The monoisotopic (exact) mass is 386 g/mol. The van der Waals surface area contributed by atoms with E-state index in [0.29, 0.717) is 19.4 Å². The number of allylic oxidation sites excluding steroid dienone is 1. The quantitative estimate of drug-likeness (QED) is 0.448. The van der Waals surface area contributed by atoms with Gasteiger partial charge in [-0.1, -0.05) is 24.3 Å². The number of quaternary nitrogens is 1. The summed E-state index contributed by atoms with van der Waals surface area (Å²) < 4.78 is 17.4. The molecule has 150 valence electrons. The van der Waals surface area contributed by atoms with Crippen LogP contribution in [0.25, 0.3) is 0 Å². The van der Waals surface area contributed by atoms with Gasteiger partial charge in [-0.3, -0.25) is 4.79 Å². The first kappa shape index (κ1) is 18.1. The van der Waals surface area contributed by atoms with E-state index in [-0.39, 0.29) is 23.0 Å². The molecule has 2 N–H and O–H groups in total. The second-order valence-corrected chi connectivity index (χ2v) is 8.27. The van der Waals surface area contributed by atoms with Gasteiger partial charge in [0.1, 0.15) is 6.04 Å². The van der Waals surface area contributed by atoms with Crippen molar-refractivity contribution >= 4 is 11.7 Å². The van der Waals surface area contributed by atoms with Crippen molar-refractivity contribution in [1.29, 1.82) is 0 Å². The Kier molecular flexibility index (Phi) is 3.90.